The summed E-state index contributed by atoms with van der Waals surface area (Å²) in [7, 11) is 0. The van der Waals surface area contributed by atoms with Crippen LogP contribution in [0, 0.1) is 5.82 Å². The Bertz CT molecular complexity index is 615. The Hall–Kier alpha value is -1.76. The second-order valence-corrected chi connectivity index (χ2v) is 5.40. The van der Waals surface area contributed by atoms with Crippen molar-refractivity contribution < 1.29 is 23.5 Å². The molecule has 0 saturated carbocycles. The van der Waals surface area contributed by atoms with Gasteiger partial charge in [0.25, 0.3) is 11.7 Å². The van der Waals surface area contributed by atoms with Gasteiger partial charge in [0.1, 0.15) is 12.4 Å². The van der Waals surface area contributed by atoms with Gasteiger partial charge in [-0.05, 0) is 41.9 Å². The fourth-order valence-electron chi connectivity index (χ4n) is 1.87. The largest absolute Gasteiger partial charge is 0.462 e. The Morgan fingerprint density at radius 1 is 1.40 bits per heavy atom. The normalized spacial score (nSPS) is 13.9. The standard InChI is InChI=1S/C13H11BrFNO4/c1-6(2)20-11(17)5-16-10-4-9(15)8(14)3-7(10)12(18)13(16)19/h3-4,6H,5H2,1-2H3. The average molecular weight is 344 g/mol. The summed E-state index contributed by atoms with van der Waals surface area (Å²) in [6.45, 7) is 2.91. The van der Waals surface area contributed by atoms with Crippen molar-refractivity contribution in [3.05, 3.63) is 28.0 Å². The number of anilines is 1. The van der Waals surface area contributed by atoms with Crippen LogP contribution in [0.15, 0.2) is 16.6 Å². The number of carbonyl (C=O) groups excluding carboxylic acids is 3. The number of benzene rings is 1. The van der Waals surface area contributed by atoms with Crippen molar-refractivity contribution in [2.24, 2.45) is 0 Å². The highest BCUT2D eigenvalue weighted by molar-refractivity contribution is 9.10. The molecule has 0 atom stereocenters. The molecule has 0 aliphatic carbocycles. The summed E-state index contributed by atoms with van der Waals surface area (Å²) in [6, 6.07) is 2.28. The molecular formula is C13H11BrFNO4. The first-order valence-corrected chi connectivity index (χ1v) is 6.65. The molecule has 0 radical (unpaired) electrons. The van der Waals surface area contributed by atoms with Crippen LogP contribution in [0.3, 0.4) is 0 Å². The zero-order chi connectivity index (χ0) is 15.0. The minimum absolute atomic E-state index is 0.0700. The molecule has 106 valence electrons. The summed E-state index contributed by atoms with van der Waals surface area (Å²) in [5.74, 6) is -2.90. The lowest BCUT2D eigenvalue weighted by atomic mass is 10.1. The molecule has 2 rings (SSSR count). The third kappa shape index (κ3) is 2.58. The van der Waals surface area contributed by atoms with Gasteiger partial charge in [0.05, 0.1) is 21.8 Å². The summed E-state index contributed by atoms with van der Waals surface area (Å²) in [6.07, 6.45) is -0.336. The van der Waals surface area contributed by atoms with Gasteiger partial charge in [-0.3, -0.25) is 19.3 Å². The molecule has 0 saturated heterocycles. The molecule has 0 spiro atoms. The number of Topliss-reactive ketones (excluding diaryl/α,β-unsaturated/α-hetero) is 1. The maximum Gasteiger partial charge on any atom is 0.326 e. The molecule has 7 heteroatoms. The number of nitrogens with zero attached hydrogens (tertiary/aromatic N) is 1. The van der Waals surface area contributed by atoms with Crippen molar-refractivity contribution in [2.45, 2.75) is 20.0 Å². The number of hydrogen-bond acceptors (Lipinski definition) is 4. The Morgan fingerprint density at radius 3 is 2.65 bits per heavy atom. The first-order valence-electron chi connectivity index (χ1n) is 5.86. The van der Waals surface area contributed by atoms with Crippen LogP contribution >= 0.6 is 15.9 Å². The summed E-state index contributed by atoms with van der Waals surface area (Å²) in [5, 5.41) is 0. The van der Waals surface area contributed by atoms with E-state index in [1.807, 2.05) is 0 Å². The fraction of sp³-hybridized carbons (Fsp3) is 0.308. The molecule has 0 bridgehead atoms. The highest BCUT2D eigenvalue weighted by Crippen LogP contribution is 2.33. The lowest BCUT2D eigenvalue weighted by molar-refractivity contribution is -0.146. The highest BCUT2D eigenvalue weighted by Gasteiger charge is 2.38. The molecule has 1 aliphatic rings. The van der Waals surface area contributed by atoms with Gasteiger partial charge < -0.3 is 4.74 Å². The van der Waals surface area contributed by atoms with Crippen molar-refractivity contribution in [1.29, 1.82) is 0 Å². The van der Waals surface area contributed by atoms with Crippen LogP contribution in [0.4, 0.5) is 10.1 Å². The zero-order valence-electron chi connectivity index (χ0n) is 10.8. The van der Waals surface area contributed by atoms with Gasteiger partial charge in [0.2, 0.25) is 0 Å². The maximum absolute atomic E-state index is 13.5. The third-order valence-corrected chi connectivity index (χ3v) is 3.28. The Kier molecular flexibility index (Phi) is 3.89. The van der Waals surface area contributed by atoms with Crippen molar-refractivity contribution in [1.82, 2.24) is 0 Å². The first-order chi connectivity index (χ1) is 9.31. The Labute approximate surface area is 122 Å². The van der Waals surface area contributed by atoms with E-state index in [0.29, 0.717) is 0 Å². The monoisotopic (exact) mass is 343 g/mol. The number of hydrogen-bond donors (Lipinski definition) is 0. The van der Waals surface area contributed by atoms with Gasteiger partial charge in [-0.25, -0.2) is 4.39 Å². The number of halogens is 2. The summed E-state index contributed by atoms with van der Waals surface area (Å²) in [4.78, 5) is 36.1. The molecule has 20 heavy (non-hydrogen) atoms. The number of ether oxygens (including phenoxy) is 1. The van der Waals surface area contributed by atoms with E-state index in [1.54, 1.807) is 13.8 Å². The van der Waals surface area contributed by atoms with E-state index in [0.717, 1.165) is 11.0 Å². The molecular weight excluding hydrogens is 333 g/mol. The number of ketones is 1. The third-order valence-electron chi connectivity index (χ3n) is 2.67. The Morgan fingerprint density at radius 2 is 2.05 bits per heavy atom. The van der Waals surface area contributed by atoms with E-state index in [4.69, 9.17) is 4.74 Å². The molecule has 1 aromatic carbocycles. The molecule has 0 unspecified atom stereocenters. The van der Waals surface area contributed by atoms with E-state index < -0.39 is 30.0 Å². The zero-order valence-corrected chi connectivity index (χ0v) is 12.4. The van der Waals surface area contributed by atoms with Crippen LogP contribution in [0.1, 0.15) is 24.2 Å². The second kappa shape index (κ2) is 5.32. The van der Waals surface area contributed by atoms with E-state index in [2.05, 4.69) is 15.9 Å². The van der Waals surface area contributed by atoms with Crippen molar-refractivity contribution in [3.63, 3.8) is 0 Å². The number of fused-ring (bicyclic) bond motifs is 1. The topological polar surface area (TPSA) is 63.7 Å². The number of esters is 1. The average Bonchev–Trinajstić information content (AvgIpc) is 2.55. The second-order valence-electron chi connectivity index (χ2n) is 4.54. The maximum atomic E-state index is 13.5. The van der Waals surface area contributed by atoms with E-state index >= 15 is 0 Å². The van der Waals surface area contributed by atoms with E-state index in [1.165, 1.54) is 6.07 Å². The molecule has 1 heterocycles. The van der Waals surface area contributed by atoms with Gasteiger partial charge in [-0.1, -0.05) is 0 Å². The molecule has 1 aromatic rings. The summed E-state index contributed by atoms with van der Waals surface area (Å²) >= 11 is 2.95. The molecule has 0 aromatic heterocycles. The van der Waals surface area contributed by atoms with Crippen LogP contribution in [-0.2, 0) is 14.3 Å². The van der Waals surface area contributed by atoms with Gasteiger partial charge in [0.15, 0.2) is 0 Å². The van der Waals surface area contributed by atoms with Crippen molar-refractivity contribution in [2.75, 3.05) is 11.4 Å². The predicted octanol–water partition coefficient (Wildman–Crippen LogP) is 2.07. The molecule has 5 nitrogen and oxygen atoms in total. The van der Waals surface area contributed by atoms with Crippen LogP contribution in [0.25, 0.3) is 0 Å². The van der Waals surface area contributed by atoms with Gasteiger partial charge in [0, 0.05) is 0 Å². The minimum atomic E-state index is -0.863. The van der Waals surface area contributed by atoms with Gasteiger partial charge >= 0.3 is 5.97 Å². The SMILES string of the molecule is CC(C)OC(=O)CN1C(=O)C(=O)c2cc(Br)c(F)cc21. The summed E-state index contributed by atoms with van der Waals surface area (Å²) < 4.78 is 18.5. The lowest BCUT2D eigenvalue weighted by Crippen LogP contribution is -2.36. The smallest absolute Gasteiger partial charge is 0.326 e. The Balaban J connectivity index is 2.33. The molecule has 0 N–H and O–H groups in total. The fourth-order valence-corrected chi connectivity index (χ4v) is 2.22. The number of rotatable bonds is 3. The molecule has 0 fully saturated rings. The van der Waals surface area contributed by atoms with Gasteiger partial charge in [-0.15, -0.1) is 0 Å². The first kappa shape index (κ1) is 14.6. The molecule has 1 aliphatic heterocycles. The van der Waals surface area contributed by atoms with Crippen LogP contribution < -0.4 is 4.90 Å². The lowest BCUT2D eigenvalue weighted by Gasteiger charge is -2.16. The minimum Gasteiger partial charge on any atom is -0.462 e. The number of amides is 1. The van der Waals surface area contributed by atoms with Crippen LogP contribution in [0.5, 0.6) is 0 Å². The summed E-state index contributed by atoms with van der Waals surface area (Å²) in [5.41, 5.74) is 0.155. The molecule has 1 amide bonds. The van der Waals surface area contributed by atoms with Crippen molar-refractivity contribution >= 4 is 39.3 Å². The van der Waals surface area contributed by atoms with Crippen molar-refractivity contribution in [3.8, 4) is 0 Å². The predicted molar refractivity (Wildman–Crippen MR) is 72.0 cm³/mol. The van der Waals surface area contributed by atoms with E-state index in [-0.39, 0.29) is 21.8 Å². The number of carbonyl (C=O) groups is 3. The van der Waals surface area contributed by atoms with Crippen LogP contribution in [0.2, 0.25) is 0 Å². The quantitative estimate of drug-likeness (QED) is 0.622. The van der Waals surface area contributed by atoms with Crippen LogP contribution in [-0.4, -0.2) is 30.3 Å². The van der Waals surface area contributed by atoms with E-state index in [9.17, 15) is 18.8 Å². The highest BCUT2D eigenvalue weighted by atomic mass is 79.9. The van der Waals surface area contributed by atoms with Gasteiger partial charge in [-0.2, -0.15) is 0 Å².